The van der Waals surface area contributed by atoms with Crippen LogP contribution in [0.5, 0.6) is 0 Å². The smallest absolute Gasteiger partial charge is 0.0743 e. The van der Waals surface area contributed by atoms with Crippen LogP contribution in [0.25, 0.3) is 0 Å². The Hall–Kier alpha value is -0.160. The van der Waals surface area contributed by atoms with Crippen LogP contribution in [-0.4, -0.2) is 55.0 Å². The van der Waals surface area contributed by atoms with Crippen molar-refractivity contribution in [2.75, 3.05) is 26.2 Å². The summed E-state index contributed by atoms with van der Waals surface area (Å²) in [7, 11) is 0. The van der Waals surface area contributed by atoms with Crippen LogP contribution < -0.4 is 5.73 Å². The number of hydrogen-bond donors (Lipinski definition) is 1. The van der Waals surface area contributed by atoms with Gasteiger partial charge in [0.05, 0.1) is 23.9 Å². The monoisotopic (exact) mass is 226 g/mol. The number of rotatable bonds is 2. The summed E-state index contributed by atoms with van der Waals surface area (Å²) < 4.78 is 11.6. The lowest BCUT2D eigenvalue weighted by atomic mass is 9.89. The molecule has 4 heteroatoms. The Kier molecular flexibility index (Phi) is 2.70. The quantitative estimate of drug-likeness (QED) is 0.738. The zero-order valence-electron chi connectivity index (χ0n) is 10.0. The summed E-state index contributed by atoms with van der Waals surface area (Å²) >= 11 is 0. The molecule has 4 atom stereocenters. The first-order valence-corrected chi connectivity index (χ1v) is 6.47. The Balaban J connectivity index is 1.80. The second-order valence-corrected chi connectivity index (χ2v) is 5.43. The van der Waals surface area contributed by atoms with Gasteiger partial charge < -0.3 is 15.2 Å². The molecule has 92 valence electrons. The maximum absolute atomic E-state index is 6.04. The average Bonchev–Trinajstić information content (AvgIpc) is 2.83. The van der Waals surface area contributed by atoms with Crippen molar-refractivity contribution in [1.29, 1.82) is 0 Å². The lowest BCUT2D eigenvalue weighted by Gasteiger charge is -2.46. The summed E-state index contributed by atoms with van der Waals surface area (Å²) in [5, 5.41) is 0. The Labute approximate surface area is 97.1 Å². The van der Waals surface area contributed by atoms with Crippen molar-refractivity contribution in [2.24, 2.45) is 5.73 Å². The van der Waals surface area contributed by atoms with Crippen LogP contribution in [0.1, 0.15) is 26.2 Å². The number of hydrogen-bond acceptors (Lipinski definition) is 4. The molecular weight excluding hydrogens is 204 g/mol. The second kappa shape index (κ2) is 3.95. The van der Waals surface area contributed by atoms with E-state index >= 15 is 0 Å². The molecule has 0 aromatic carbocycles. The number of morpholine rings is 1. The Bertz CT molecular complexity index is 262. The van der Waals surface area contributed by atoms with Gasteiger partial charge in [-0.1, -0.05) is 0 Å². The number of nitrogens with zero attached hydrogens (tertiary/aromatic N) is 1. The fraction of sp³-hybridized carbons (Fsp3) is 1.00. The molecule has 3 aliphatic rings. The summed E-state index contributed by atoms with van der Waals surface area (Å²) in [6.45, 7) is 5.80. The first kappa shape index (κ1) is 11.0. The van der Waals surface area contributed by atoms with E-state index in [0.29, 0.717) is 18.8 Å². The fourth-order valence-electron chi connectivity index (χ4n) is 3.56. The highest BCUT2D eigenvalue weighted by Gasteiger charge is 2.49. The van der Waals surface area contributed by atoms with Gasteiger partial charge in [0.25, 0.3) is 0 Å². The van der Waals surface area contributed by atoms with E-state index in [4.69, 9.17) is 15.2 Å². The zero-order valence-corrected chi connectivity index (χ0v) is 10.0. The highest BCUT2D eigenvalue weighted by atomic mass is 16.5. The van der Waals surface area contributed by atoms with Crippen LogP contribution in [0.2, 0.25) is 0 Å². The predicted octanol–water partition coefficient (Wildman–Crippen LogP) is 0.356. The summed E-state index contributed by atoms with van der Waals surface area (Å²) in [6, 6.07) is 0. The van der Waals surface area contributed by atoms with Crippen LogP contribution in [0.4, 0.5) is 0 Å². The van der Waals surface area contributed by atoms with Gasteiger partial charge in [0.15, 0.2) is 0 Å². The van der Waals surface area contributed by atoms with Crippen molar-refractivity contribution < 1.29 is 9.47 Å². The predicted molar refractivity (Wildman–Crippen MR) is 61.3 cm³/mol. The largest absolute Gasteiger partial charge is 0.376 e. The average molecular weight is 226 g/mol. The molecule has 3 aliphatic heterocycles. The van der Waals surface area contributed by atoms with Crippen molar-refractivity contribution in [3.05, 3.63) is 0 Å². The molecule has 3 rings (SSSR count). The van der Waals surface area contributed by atoms with Gasteiger partial charge in [-0.3, -0.25) is 4.90 Å². The lowest BCUT2D eigenvalue weighted by Crippen LogP contribution is -2.62. The van der Waals surface area contributed by atoms with Crippen molar-refractivity contribution in [1.82, 2.24) is 4.90 Å². The fourth-order valence-corrected chi connectivity index (χ4v) is 3.56. The van der Waals surface area contributed by atoms with Gasteiger partial charge in [0.2, 0.25) is 0 Å². The van der Waals surface area contributed by atoms with Gasteiger partial charge in [-0.05, 0) is 26.2 Å². The van der Waals surface area contributed by atoms with Crippen LogP contribution in [0, 0.1) is 0 Å². The van der Waals surface area contributed by atoms with E-state index in [1.54, 1.807) is 0 Å². The molecule has 0 aromatic rings. The molecule has 0 saturated carbocycles. The van der Waals surface area contributed by atoms with E-state index in [9.17, 15) is 0 Å². The van der Waals surface area contributed by atoms with Gasteiger partial charge >= 0.3 is 0 Å². The minimum Gasteiger partial charge on any atom is -0.376 e. The molecule has 2 N–H and O–H groups in total. The molecule has 3 heterocycles. The molecule has 3 saturated heterocycles. The molecule has 16 heavy (non-hydrogen) atoms. The number of nitrogens with two attached hydrogens (primary N) is 1. The minimum absolute atomic E-state index is 0.0740. The van der Waals surface area contributed by atoms with Gasteiger partial charge in [-0.2, -0.15) is 0 Å². The molecular formula is C12H22N2O2. The van der Waals surface area contributed by atoms with E-state index in [0.717, 1.165) is 26.1 Å². The number of likely N-dealkylation sites (tertiary alicyclic amines) is 1. The molecule has 4 unspecified atom stereocenters. The van der Waals surface area contributed by atoms with Crippen molar-refractivity contribution in [3.8, 4) is 0 Å². The normalized spacial score (nSPS) is 48.8. The molecule has 0 aromatic heterocycles. The second-order valence-electron chi connectivity index (χ2n) is 5.43. The van der Waals surface area contributed by atoms with E-state index in [1.807, 2.05) is 0 Å². The van der Waals surface area contributed by atoms with Crippen LogP contribution in [0.3, 0.4) is 0 Å². The lowest BCUT2D eigenvalue weighted by molar-refractivity contribution is -0.0906. The maximum atomic E-state index is 6.04. The van der Waals surface area contributed by atoms with E-state index < -0.39 is 0 Å². The molecule has 3 fully saturated rings. The van der Waals surface area contributed by atoms with Gasteiger partial charge in [0, 0.05) is 26.2 Å². The molecule has 2 bridgehead atoms. The van der Waals surface area contributed by atoms with Crippen LogP contribution in [-0.2, 0) is 9.47 Å². The maximum Gasteiger partial charge on any atom is 0.0743 e. The van der Waals surface area contributed by atoms with Crippen molar-refractivity contribution in [3.63, 3.8) is 0 Å². The van der Waals surface area contributed by atoms with Gasteiger partial charge in [-0.25, -0.2) is 0 Å². The van der Waals surface area contributed by atoms with Gasteiger partial charge in [0.1, 0.15) is 0 Å². The summed E-state index contributed by atoms with van der Waals surface area (Å²) in [5.41, 5.74) is 6.11. The summed E-state index contributed by atoms with van der Waals surface area (Å²) in [4.78, 5) is 2.55. The summed E-state index contributed by atoms with van der Waals surface area (Å²) in [6.07, 6.45) is 4.65. The Morgan fingerprint density at radius 3 is 2.50 bits per heavy atom. The first-order valence-electron chi connectivity index (χ1n) is 6.47. The number of ether oxygens (including phenoxy) is 2. The van der Waals surface area contributed by atoms with E-state index in [-0.39, 0.29) is 11.6 Å². The minimum atomic E-state index is 0.0740. The van der Waals surface area contributed by atoms with Crippen LogP contribution >= 0.6 is 0 Å². The van der Waals surface area contributed by atoms with E-state index in [2.05, 4.69) is 11.8 Å². The molecule has 0 radical (unpaired) electrons. The van der Waals surface area contributed by atoms with Crippen molar-refractivity contribution in [2.45, 2.75) is 50.0 Å². The molecule has 0 amide bonds. The highest BCUT2D eigenvalue weighted by Crippen LogP contribution is 2.36. The SMILES string of the molecule is CC1OCCC1(CN)N1CC2CCC(C1)O2. The van der Waals surface area contributed by atoms with E-state index in [1.165, 1.54) is 12.8 Å². The first-order chi connectivity index (χ1) is 7.74. The standard InChI is InChI=1S/C12H22N2O2/c1-9-12(8-13,4-5-15-9)14-6-10-2-3-11(7-14)16-10/h9-11H,2-8,13H2,1H3. The van der Waals surface area contributed by atoms with Gasteiger partial charge in [-0.15, -0.1) is 0 Å². The molecule has 4 nitrogen and oxygen atoms in total. The molecule has 0 aliphatic carbocycles. The summed E-state index contributed by atoms with van der Waals surface area (Å²) in [5.74, 6) is 0. The van der Waals surface area contributed by atoms with Crippen molar-refractivity contribution >= 4 is 0 Å². The third-order valence-corrected chi connectivity index (χ3v) is 4.69. The Morgan fingerprint density at radius 1 is 1.31 bits per heavy atom. The van der Waals surface area contributed by atoms with Crippen LogP contribution in [0.15, 0.2) is 0 Å². The third kappa shape index (κ3) is 1.51. The third-order valence-electron chi connectivity index (χ3n) is 4.69. The molecule has 0 spiro atoms. The topological polar surface area (TPSA) is 47.7 Å². The Morgan fingerprint density at radius 2 is 2.00 bits per heavy atom. The highest BCUT2D eigenvalue weighted by molar-refractivity contribution is 5.03. The number of fused-ring (bicyclic) bond motifs is 2. The zero-order chi connectivity index (χ0) is 11.2.